The van der Waals surface area contributed by atoms with Crippen LogP contribution in [0, 0.1) is 13.8 Å². The van der Waals surface area contributed by atoms with E-state index in [1.165, 1.54) is 6.07 Å². The van der Waals surface area contributed by atoms with E-state index in [0.29, 0.717) is 17.9 Å². The number of aromatic hydroxyl groups is 1. The van der Waals surface area contributed by atoms with Crippen molar-refractivity contribution in [3.63, 3.8) is 0 Å². The minimum Gasteiger partial charge on any atom is -0.506 e. The van der Waals surface area contributed by atoms with Gasteiger partial charge in [0, 0.05) is 24.1 Å². The predicted octanol–water partition coefficient (Wildman–Crippen LogP) is 2.51. The SMILES string of the molecule is CCOC(=O)CCC(=O)c1nc(Cc2c(C)noc2C)ccc1O. The average molecular weight is 332 g/mol. The predicted molar refractivity (Wildman–Crippen MR) is 84.9 cm³/mol. The Morgan fingerprint density at radius 3 is 2.62 bits per heavy atom. The zero-order valence-electron chi connectivity index (χ0n) is 14.0. The third-order valence-corrected chi connectivity index (χ3v) is 3.60. The van der Waals surface area contributed by atoms with E-state index < -0.39 is 11.8 Å². The molecule has 0 aromatic carbocycles. The highest BCUT2D eigenvalue weighted by Crippen LogP contribution is 2.21. The van der Waals surface area contributed by atoms with Gasteiger partial charge in [0.15, 0.2) is 5.78 Å². The highest BCUT2D eigenvalue weighted by molar-refractivity contribution is 5.98. The third kappa shape index (κ3) is 4.18. The molecule has 0 fully saturated rings. The number of hydrogen-bond donors (Lipinski definition) is 1. The maximum atomic E-state index is 12.2. The summed E-state index contributed by atoms with van der Waals surface area (Å²) < 4.78 is 9.90. The number of Topliss-reactive ketones (excluding diaryl/α,β-unsaturated/α-hetero) is 1. The Balaban J connectivity index is 2.13. The van der Waals surface area contributed by atoms with Gasteiger partial charge in [-0.2, -0.15) is 0 Å². The van der Waals surface area contributed by atoms with Crippen LogP contribution in [0.25, 0.3) is 0 Å². The lowest BCUT2D eigenvalue weighted by Gasteiger charge is -2.06. The van der Waals surface area contributed by atoms with Gasteiger partial charge in [0.2, 0.25) is 0 Å². The van der Waals surface area contributed by atoms with Gasteiger partial charge in [0.05, 0.1) is 18.7 Å². The van der Waals surface area contributed by atoms with Gasteiger partial charge < -0.3 is 14.4 Å². The quantitative estimate of drug-likeness (QED) is 0.614. The van der Waals surface area contributed by atoms with Gasteiger partial charge in [-0.3, -0.25) is 9.59 Å². The first-order valence-corrected chi connectivity index (χ1v) is 7.71. The topological polar surface area (TPSA) is 103 Å². The van der Waals surface area contributed by atoms with E-state index in [4.69, 9.17) is 9.26 Å². The number of carbonyl (C=O) groups is 2. The largest absolute Gasteiger partial charge is 0.506 e. The number of aromatic nitrogens is 2. The maximum Gasteiger partial charge on any atom is 0.306 e. The number of ether oxygens (including phenoxy) is 1. The van der Waals surface area contributed by atoms with E-state index >= 15 is 0 Å². The number of pyridine rings is 1. The lowest BCUT2D eigenvalue weighted by Crippen LogP contribution is -2.10. The van der Waals surface area contributed by atoms with Crippen molar-refractivity contribution < 1.29 is 24.0 Å². The Labute approximate surface area is 139 Å². The highest BCUT2D eigenvalue weighted by atomic mass is 16.5. The molecule has 0 aliphatic rings. The summed E-state index contributed by atoms with van der Waals surface area (Å²) in [5.41, 5.74) is 2.24. The number of ketones is 1. The zero-order valence-corrected chi connectivity index (χ0v) is 14.0. The minimum absolute atomic E-state index is 0.0384. The number of rotatable bonds is 7. The maximum absolute atomic E-state index is 12.2. The standard InChI is InChI=1S/C17H20N2O5/c1-4-23-16(22)8-7-15(21)17-14(20)6-5-12(18-17)9-13-10(2)19-24-11(13)3/h5-6,20H,4,7-9H2,1-3H3. The van der Waals surface area contributed by atoms with Crippen molar-refractivity contribution in [3.8, 4) is 5.75 Å². The molecule has 7 nitrogen and oxygen atoms in total. The van der Waals surface area contributed by atoms with Crippen LogP contribution in [0.5, 0.6) is 5.75 Å². The van der Waals surface area contributed by atoms with Gasteiger partial charge >= 0.3 is 5.97 Å². The average Bonchev–Trinajstić information content (AvgIpc) is 2.86. The van der Waals surface area contributed by atoms with Crippen molar-refractivity contribution in [1.82, 2.24) is 10.1 Å². The van der Waals surface area contributed by atoms with Crippen LogP contribution in [0.1, 0.15) is 53.0 Å². The third-order valence-electron chi connectivity index (χ3n) is 3.60. The van der Waals surface area contributed by atoms with E-state index in [1.807, 2.05) is 6.92 Å². The lowest BCUT2D eigenvalue weighted by atomic mass is 10.1. The van der Waals surface area contributed by atoms with Crippen LogP contribution >= 0.6 is 0 Å². The molecule has 0 radical (unpaired) electrons. The zero-order chi connectivity index (χ0) is 17.7. The second-order valence-corrected chi connectivity index (χ2v) is 5.38. The van der Waals surface area contributed by atoms with Gasteiger partial charge in [-0.15, -0.1) is 0 Å². The summed E-state index contributed by atoms with van der Waals surface area (Å²) in [6, 6.07) is 3.07. The Bertz CT molecular complexity index is 732. The lowest BCUT2D eigenvalue weighted by molar-refractivity contribution is -0.143. The van der Waals surface area contributed by atoms with Crippen LogP contribution in [0.3, 0.4) is 0 Å². The minimum atomic E-state index is -0.447. The van der Waals surface area contributed by atoms with Crippen molar-refractivity contribution in [2.75, 3.05) is 6.61 Å². The van der Waals surface area contributed by atoms with Gasteiger partial charge in [-0.25, -0.2) is 4.98 Å². The molecule has 128 valence electrons. The summed E-state index contributed by atoms with van der Waals surface area (Å²) in [6.07, 6.45) is 0.343. The molecule has 2 rings (SSSR count). The van der Waals surface area contributed by atoms with Crippen LogP contribution in [0.2, 0.25) is 0 Å². The van der Waals surface area contributed by atoms with Crippen LogP contribution in [0.4, 0.5) is 0 Å². The van der Waals surface area contributed by atoms with Crippen LogP contribution in [0.15, 0.2) is 16.7 Å². The van der Waals surface area contributed by atoms with Gasteiger partial charge in [-0.1, -0.05) is 5.16 Å². The second-order valence-electron chi connectivity index (χ2n) is 5.38. The second kappa shape index (κ2) is 7.72. The number of aryl methyl sites for hydroxylation is 2. The molecule has 1 N–H and O–H groups in total. The smallest absolute Gasteiger partial charge is 0.306 e. The highest BCUT2D eigenvalue weighted by Gasteiger charge is 2.17. The molecule has 0 saturated carbocycles. The molecule has 7 heteroatoms. The first-order chi connectivity index (χ1) is 11.4. The number of carbonyl (C=O) groups excluding carboxylic acids is 2. The van der Waals surface area contributed by atoms with Crippen molar-refractivity contribution in [2.24, 2.45) is 0 Å². The molecule has 2 aromatic rings. The molecule has 0 unspecified atom stereocenters. The van der Waals surface area contributed by atoms with E-state index in [-0.39, 0.29) is 30.9 Å². The Morgan fingerprint density at radius 1 is 1.25 bits per heavy atom. The Hall–Kier alpha value is -2.70. The molecule has 0 saturated heterocycles. The summed E-state index contributed by atoms with van der Waals surface area (Å²) in [4.78, 5) is 27.8. The molecule has 0 spiro atoms. The first kappa shape index (κ1) is 17.7. The fourth-order valence-corrected chi connectivity index (χ4v) is 2.30. The molecular formula is C17H20N2O5. The fourth-order valence-electron chi connectivity index (χ4n) is 2.30. The number of nitrogens with zero attached hydrogens (tertiary/aromatic N) is 2. The summed E-state index contributed by atoms with van der Waals surface area (Å²) >= 11 is 0. The number of hydrogen-bond acceptors (Lipinski definition) is 7. The van der Waals surface area contributed by atoms with Crippen molar-refractivity contribution >= 4 is 11.8 Å². The van der Waals surface area contributed by atoms with Crippen LogP contribution < -0.4 is 0 Å². The molecule has 2 heterocycles. The summed E-state index contributed by atoms with van der Waals surface area (Å²) in [5, 5.41) is 13.8. The molecule has 24 heavy (non-hydrogen) atoms. The van der Waals surface area contributed by atoms with Crippen LogP contribution in [-0.2, 0) is 16.0 Å². The first-order valence-electron chi connectivity index (χ1n) is 7.71. The van der Waals surface area contributed by atoms with Gasteiger partial charge in [-0.05, 0) is 32.9 Å². The molecule has 0 aliphatic carbocycles. The fraction of sp³-hybridized carbons (Fsp3) is 0.412. The van der Waals surface area contributed by atoms with Crippen molar-refractivity contribution in [2.45, 2.75) is 40.0 Å². The van der Waals surface area contributed by atoms with E-state index in [0.717, 1.165) is 11.3 Å². The Morgan fingerprint density at radius 2 is 2.00 bits per heavy atom. The van der Waals surface area contributed by atoms with E-state index in [2.05, 4.69) is 10.1 Å². The summed E-state index contributed by atoms with van der Waals surface area (Å²) in [7, 11) is 0. The van der Waals surface area contributed by atoms with Crippen LogP contribution in [-0.4, -0.2) is 33.6 Å². The molecule has 0 amide bonds. The van der Waals surface area contributed by atoms with Gasteiger partial charge in [0.25, 0.3) is 0 Å². The molecule has 0 bridgehead atoms. The van der Waals surface area contributed by atoms with E-state index in [1.54, 1.807) is 19.9 Å². The monoisotopic (exact) mass is 332 g/mol. The summed E-state index contributed by atoms with van der Waals surface area (Å²) in [6.45, 7) is 5.60. The van der Waals surface area contributed by atoms with Crippen molar-refractivity contribution in [3.05, 3.63) is 40.5 Å². The van der Waals surface area contributed by atoms with Gasteiger partial charge in [0.1, 0.15) is 17.2 Å². The molecule has 0 aliphatic heterocycles. The van der Waals surface area contributed by atoms with Crippen molar-refractivity contribution in [1.29, 1.82) is 0 Å². The van der Waals surface area contributed by atoms with E-state index in [9.17, 15) is 14.7 Å². The molecular weight excluding hydrogens is 312 g/mol. The Kier molecular flexibility index (Phi) is 5.68. The molecule has 0 atom stereocenters. The normalized spacial score (nSPS) is 10.6. The molecule has 2 aromatic heterocycles. The number of esters is 1. The summed E-state index contributed by atoms with van der Waals surface area (Å²) in [5.74, 6) is -0.359.